The van der Waals surface area contributed by atoms with E-state index in [1.165, 1.54) is 47.8 Å². The van der Waals surface area contributed by atoms with Gasteiger partial charge in [-0.15, -0.1) is 11.3 Å². The molecule has 50 heavy (non-hydrogen) atoms. The van der Waals surface area contributed by atoms with Crippen molar-refractivity contribution in [2.45, 2.75) is 0 Å². The van der Waals surface area contributed by atoms with Gasteiger partial charge in [-0.2, -0.15) is 0 Å². The van der Waals surface area contributed by atoms with Crippen molar-refractivity contribution in [2.24, 2.45) is 0 Å². The lowest BCUT2D eigenvalue weighted by atomic mass is 10.0. The topological polar surface area (TPSA) is 16.4 Å². The van der Waals surface area contributed by atoms with Crippen LogP contribution in [-0.4, -0.2) is 0 Å². The van der Waals surface area contributed by atoms with E-state index in [2.05, 4.69) is 185 Å². The summed E-state index contributed by atoms with van der Waals surface area (Å²) in [4.78, 5) is 2.41. The molecule has 0 atom stereocenters. The molecule has 4 heteroatoms. The minimum absolute atomic E-state index is 0.885. The van der Waals surface area contributed by atoms with Crippen LogP contribution in [0.4, 0.5) is 17.1 Å². The van der Waals surface area contributed by atoms with E-state index in [4.69, 9.17) is 4.42 Å². The number of hydrogen-bond donors (Lipinski definition) is 0. The van der Waals surface area contributed by atoms with E-state index < -0.39 is 0 Å². The van der Waals surface area contributed by atoms with Crippen LogP contribution in [0.3, 0.4) is 0 Å². The SMILES string of the molecule is Brc1ccc2oc3c(cc(N(c4ccc(-c5ccccc5)cc4)c4ccc(-c5ccc6ccccc6c5)cc4)c4sc5ccccc5c43)c2c1. The maximum atomic E-state index is 6.66. The number of benzene rings is 8. The first kappa shape index (κ1) is 29.3. The lowest BCUT2D eigenvalue weighted by Gasteiger charge is -2.27. The van der Waals surface area contributed by atoms with E-state index in [-0.39, 0.29) is 0 Å². The summed E-state index contributed by atoms with van der Waals surface area (Å²) in [5, 5.41) is 7.06. The molecule has 0 aliphatic carbocycles. The number of hydrogen-bond acceptors (Lipinski definition) is 3. The molecule has 0 unspecified atom stereocenters. The van der Waals surface area contributed by atoms with Crippen LogP contribution in [0, 0.1) is 0 Å². The molecule has 10 rings (SSSR count). The van der Waals surface area contributed by atoms with Crippen LogP contribution in [0.1, 0.15) is 0 Å². The van der Waals surface area contributed by atoms with Gasteiger partial charge in [-0.1, -0.05) is 125 Å². The van der Waals surface area contributed by atoms with Crippen molar-refractivity contribution in [1.29, 1.82) is 0 Å². The van der Waals surface area contributed by atoms with Gasteiger partial charge >= 0.3 is 0 Å². The molecule has 2 nitrogen and oxygen atoms in total. The summed E-state index contributed by atoms with van der Waals surface area (Å²) in [6.07, 6.45) is 0. The van der Waals surface area contributed by atoms with Gasteiger partial charge in [0.15, 0.2) is 0 Å². The molecule has 0 spiro atoms. The lowest BCUT2D eigenvalue weighted by molar-refractivity contribution is 0.673. The third kappa shape index (κ3) is 4.83. The first-order valence-corrected chi connectivity index (χ1v) is 18.3. The number of nitrogens with zero attached hydrogens (tertiary/aromatic N) is 1. The molecule has 0 radical (unpaired) electrons. The highest BCUT2D eigenvalue weighted by Gasteiger charge is 2.23. The second-order valence-electron chi connectivity index (χ2n) is 12.7. The minimum Gasteiger partial charge on any atom is -0.455 e. The van der Waals surface area contributed by atoms with Crippen LogP contribution < -0.4 is 4.90 Å². The molecule has 8 aromatic carbocycles. The van der Waals surface area contributed by atoms with Crippen molar-refractivity contribution in [3.63, 3.8) is 0 Å². The zero-order chi connectivity index (χ0) is 33.2. The Morgan fingerprint density at radius 3 is 1.90 bits per heavy atom. The highest BCUT2D eigenvalue weighted by atomic mass is 79.9. The summed E-state index contributed by atoms with van der Waals surface area (Å²) in [6.45, 7) is 0. The normalized spacial score (nSPS) is 11.7. The van der Waals surface area contributed by atoms with Gasteiger partial charge in [0.05, 0.1) is 10.4 Å². The molecule has 0 N–H and O–H groups in total. The summed E-state index contributed by atoms with van der Waals surface area (Å²) in [7, 11) is 0. The molecule has 10 aromatic rings. The number of halogens is 1. The van der Waals surface area contributed by atoms with Crippen LogP contribution in [0.5, 0.6) is 0 Å². The Labute approximate surface area is 301 Å². The van der Waals surface area contributed by atoms with E-state index in [9.17, 15) is 0 Å². The molecule has 0 saturated heterocycles. The molecule has 236 valence electrons. The molecular formula is C46H28BrNOS. The van der Waals surface area contributed by atoms with Crippen molar-refractivity contribution in [2.75, 3.05) is 4.90 Å². The molecule has 0 aliphatic rings. The van der Waals surface area contributed by atoms with Crippen LogP contribution in [0.2, 0.25) is 0 Å². The van der Waals surface area contributed by atoms with E-state index >= 15 is 0 Å². The van der Waals surface area contributed by atoms with E-state index in [1.54, 1.807) is 0 Å². The molecule has 2 heterocycles. The molecule has 0 bridgehead atoms. The predicted octanol–water partition coefficient (Wildman–Crippen LogP) is 14.7. The third-order valence-electron chi connectivity index (χ3n) is 9.71. The number of furan rings is 1. The number of thiophene rings is 1. The lowest BCUT2D eigenvalue weighted by Crippen LogP contribution is -2.10. The third-order valence-corrected chi connectivity index (χ3v) is 11.4. The molecule has 2 aromatic heterocycles. The fourth-order valence-electron chi connectivity index (χ4n) is 7.27. The highest BCUT2D eigenvalue weighted by Crippen LogP contribution is 2.50. The fourth-order valence-corrected chi connectivity index (χ4v) is 8.84. The molecular weight excluding hydrogens is 694 g/mol. The van der Waals surface area contributed by atoms with Gasteiger partial charge in [-0.05, 0) is 93.7 Å². The summed E-state index contributed by atoms with van der Waals surface area (Å²) in [5.41, 5.74) is 9.91. The summed E-state index contributed by atoms with van der Waals surface area (Å²) in [6, 6.07) is 61.0. The number of fused-ring (bicyclic) bond motifs is 8. The van der Waals surface area contributed by atoms with Gasteiger partial charge in [0, 0.05) is 42.1 Å². The maximum Gasteiger partial charge on any atom is 0.144 e. The van der Waals surface area contributed by atoms with Crippen molar-refractivity contribution in [3.05, 3.63) is 174 Å². The van der Waals surface area contributed by atoms with Crippen molar-refractivity contribution >= 4 is 97.2 Å². The Morgan fingerprint density at radius 1 is 0.480 bits per heavy atom. The Bertz CT molecular complexity index is 2870. The molecule has 0 saturated carbocycles. The van der Waals surface area contributed by atoms with E-state index in [1.807, 2.05) is 17.4 Å². The second kappa shape index (κ2) is 11.7. The standard InChI is InChI=1S/C46H28BrNOS/c47-35-20-25-42-39(27-35)40-28-41(46-44(45(40)49-42)38-12-6-7-13-43(38)50-46)48(36-21-16-31(17-22-36)29-8-2-1-3-9-29)37-23-18-32(19-24-37)34-15-14-30-10-4-5-11-33(30)26-34/h1-28H. The largest absolute Gasteiger partial charge is 0.455 e. The van der Waals surface area contributed by atoms with Crippen LogP contribution in [0.25, 0.3) is 75.1 Å². The summed E-state index contributed by atoms with van der Waals surface area (Å²) < 4.78 is 10.1. The van der Waals surface area contributed by atoms with Gasteiger partial charge in [0.25, 0.3) is 0 Å². The molecule has 0 fully saturated rings. The van der Waals surface area contributed by atoms with Gasteiger partial charge < -0.3 is 9.32 Å². The zero-order valence-corrected chi connectivity index (χ0v) is 29.2. The molecule has 0 aliphatic heterocycles. The summed E-state index contributed by atoms with van der Waals surface area (Å²) in [5.74, 6) is 0. The van der Waals surface area contributed by atoms with Crippen molar-refractivity contribution < 1.29 is 4.42 Å². The molecule has 0 amide bonds. The van der Waals surface area contributed by atoms with Crippen LogP contribution in [-0.2, 0) is 0 Å². The Balaban J connectivity index is 1.21. The van der Waals surface area contributed by atoms with Crippen molar-refractivity contribution in [1.82, 2.24) is 0 Å². The van der Waals surface area contributed by atoms with Gasteiger partial charge in [0.1, 0.15) is 11.2 Å². The summed E-state index contributed by atoms with van der Waals surface area (Å²) >= 11 is 5.54. The monoisotopic (exact) mass is 721 g/mol. The minimum atomic E-state index is 0.885. The maximum absolute atomic E-state index is 6.66. The average molecular weight is 723 g/mol. The fraction of sp³-hybridized carbons (Fsp3) is 0. The van der Waals surface area contributed by atoms with E-state index in [0.717, 1.165) is 48.9 Å². The Hall–Kier alpha value is -5.68. The van der Waals surface area contributed by atoms with Gasteiger partial charge in [0.2, 0.25) is 0 Å². The average Bonchev–Trinajstić information content (AvgIpc) is 3.74. The number of anilines is 3. The predicted molar refractivity (Wildman–Crippen MR) is 217 cm³/mol. The van der Waals surface area contributed by atoms with Crippen LogP contribution >= 0.6 is 27.3 Å². The van der Waals surface area contributed by atoms with Crippen LogP contribution in [0.15, 0.2) is 179 Å². The van der Waals surface area contributed by atoms with E-state index in [0.29, 0.717) is 0 Å². The van der Waals surface area contributed by atoms with Crippen molar-refractivity contribution in [3.8, 4) is 22.3 Å². The Morgan fingerprint density at radius 2 is 1.12 bits per heavy atom. The quantitative estimate of drug-likeness (QED) is 0.176. The highest BCUT2D eigenvalue weighted by molar-refractivity contribution is 9.10. The number of rotatable bonds is 5. The smallest absolute Gasteiger partial charge is 0.144 e. The first-order valence-electron chi connectivity index (χ1n) is 16.7. The second-order valence-corrected chi connectivity index (χ2v) is 14.6. The Kier molecular flexibility index (Phi) is 6.86. The first-order chi connectivity index (χ1) is 24.7. The van der Waals surface area contributed by atoms with Gasteiger partial charge in [-0.3, -0.25) is 0 Å². The van der Waals surface area contributed by atoms with Gasteiger partial charge in [-0.25, -0.2) is 0 Å². The zero-order valence-electron chi connectivity index (χ0n) is 26.8.